The molecule has 1 aliphatic rings. The number of nitrogens with zero attached hydrogens (tertiary/aromatic N) is 5. The monoisotopic (exact) mass is 511 g/mol. The summed E-state index contributed by atoms with van der Waals surface area (Å²) in [5.41, 5.74) is 1.36. The third-order valence-corrected chi connectivity index (χ3v) is 5.43. The van der Waals surface area contributed by atoms with Gasteiger partial charge in [0.05, 0.1) is 6.04 Å². The zero-order valence-electron chi connectivity index (χ0n) is 17.7. The van der Waals surface area contributed by atoms with Gasteiger partial charge >= 0.3 is 0 Å². The highest BCUT2D eigenvalue weighted by molar-refractivity contribution is 14.0. The Balaban J connectivity index is 0.00000300. The van der Waals surface area contributed by atoms with E-state index in [-0.39, 0.29) is 24.0 Å². The minimum absolute atomic E-state index is 0. The summed E-state index contributed by atoms with van der Waals surface area (Å²) >= 11 is 0. The van der Waals surface area contributed by atoms with Crippen molar-refractivity contribution in [3.05, 3.63) is 48.0 Å². The Labute approximate surface area is 191 Å². The van der Waals surface area contributed by atoms with Crippen LogP contribution in [0.1, 0.15) is 44.1 Å². The normalized spacial score (nSPS) is 16.9. The molecule has 0 bridgehead atoms. The first-order valence-electron chi connectivity index (χ1n) is 10.3. The largest absolute Gasteiger partial charge is 0.357 e. The number of nitrogens with one attached hydrogen (secondary N) is 2. The van der Waals surface area contributed by atoms with Crippen LogP contribution >= 0.6 is 24.0 Å². The lowest BCUT2D eigenvalue weighted by molar-refractivity contribution is 0.138. The maximum Gasteiger partial charge on any atom is 0.191 e. The highest BCUT2D eigenvalue weighted by Gasteiger charge is 2.24. The van der Waals surface area contributed by atoms with E-state index in [9.17, 15) is 0 Å². The molecular weight excluding hydrogens is 477 g/mol. The second-order valence-electron chi connectivity index (χ2n) is 7.52. The molecule has 2 aromatic rings. The van der Waals surface area contributed by atoms with Crippen LogP contribution in [0.5, 0.6) is 0 Å². The van der Waals surface area contributed by atoms with Crippen LogP contribution in [-0.4, -0.2) is 51.8 Å². The molecule has 8 heteroatoms. The lowest BCUT2D eigenvalue weighted by Gasteiger charge is -2.37. The standard InChI is InChI=1S/C21H33N7.HI/c1-4-22-21(24-15-20-25-16-26-27(20)3)23-14-19(18-8-6-5-7-9-18)28-12-10-17(2)11-13-28;/h5-9,16-17,19H,4,10-15H2,1-3H3,(H2,22,23,24);1H. The topological polar surface area (TPSA) is 70.4 Å². The fourth-order valence-corrected chi connectivity index (χ4v) is 3.62. The zero-order chi connectivity index (χ0) is 19.8. The molecule has 2 heterocycles. The van der Waals surface area contributed by atoms with Crippen LogP contribution in [0.2, 0.25) is 0 Å². The smallest absolute Gasteiger partial charge is 0.191 e. The number of aryl methyl sites for hydroxylation is 1. The first-order chi connectivity index (χ1) is 13.7. The molecule has 1 saturated heterocycles. The Hall–Kier alpha value is -1.68. The molecule has 0 radical (unpaired) electrons. The van der Waals surface area contributed by atoms with E-state index in [0.29, 0.717) is 12.6 Å². The summed E-state index contributed by atoms with van der Waals surface area (Å²) in [5, 5.41) is 11.0. The van der Waals surface area contributed by atoms with Gasteiger partial charge in [-0.05, 0) is 44.3 Å². The van der Waals surface area contributed by atoms with Crippen LogP contribution < -0.4 is 10.6 Å². The molecule has 1 aliphatic heterocycles. The van der Waals surface area contributed by atoms with Crippen molar-refractivity contribution >= 4 is 29.9 Å². The van der Waals surface area contributed by atoms with Crippen LogP contribution in [0.3, 0.4) is 0 Å². The Morgan fingerprint density at radius 2 is 1.93 bits per heavy atom. The van der Waals surface area contributed by atoms with E-state index in [2.05, 4.69) is 69.8 Å². The Bertz CT molecular complexity index is 738. The number of aromatic nitrogens is 3. The third-order valence-electron chi connectivity index (χ3n) is 5.43. The van der Waals surface area contributed by atoms with Crippen molar-refractivity contribution < 1.29 is 0 Å². The molecule has 0 saturated carbocycles. The molecule has 3 rings (SSSR count). The van der Waals surface area contributed by atoms with Gasteiger partial charge in [0.1, 0.15) is 18.7 Å². The quantitative estimate of drug-likeness (QED) is 0.340. The number of piperidine rings is 1. The van der Waals surface area contributed by atoms with Crippen molar-refractivity contribution in [3.8, 4) is 0 Å². The Morgan fingerprint density at radius 1 is 1.21 bits per heavy atom. The van der Waals surface area contributed by atoms with E-state index in [1.807, 2.05) is 7.05 Å². The number of halogens is 1. The van der Waals surface area contributed by atoms with Crippen molar-refractivity contribution in [1.82, 2.24) is 30.3 Å². The molecule has 1 aromatic heterocycles. The molecule has 1 fully saturated rings. The van der Waals surface area contributed by atoms with Gasteiger partial charge in [0.15, 0.2) is 5.96 Å². The van der Waals surface area contributed by atoms with Gasteiger partial charge in [-0.1, -0.05) is 37.3 Å². The molecule has 1 unspecified atom stereocenters. The van der Waals surface area contributed by atoms with Crippen molar-refractivity contribution in [2.75, 3.05) is 26.2 Å². The lowest BCUT2D eigenvalue weighted by Crippen LogP contribution is -2.45. The second kappa shape index (κ2) is 12.1. The zero-order valence-corrected chi connectivity index (χ0v) is 20.0. The van der Waals surface area contributed by atoms with E-state index in [4.69, 9.17) is 4.99 Å². The molecule has 0 amide bonds. The van der Waals surface area contributed by atoms with Crippen LogP contribution in [0.4, 0.5) is 0 Å². The maximum absolute atomic E-state index is 4.69. The van der Waals surface area contributed by atoms with E-state index >= 15 is 0 Å². The van der Waals surface area contributed by atoms with Gasteiger partial charge in [-0.2, -0.15) is 5.10 Å². The predicted molar refractivity (Wildman–Crippen MR) is 128 cm³/mol. The molecule has 2 N–H and O–H groups in total. The fourth-order valence-electron chi connectivity index (χ4n) is 3.62. The average molecular weight is 511 g/mol. The molecule has 1 atom stereocenters. The van der Waals surface area contributed by atoms with Gasteiger partial charge in [-0.25, -0.2) is 9.98 Å². The van der Waals surface area contributed by atoms with E-state index in [0.717, 1.165) is 43.9 Å². The van der Waals surface area contributed by atoms with Crippen LogP contribution in [-0.2, 0) is 13.6 Å². The van der Waals surface area contributed by atoms with Gasteiger partial charge in [-0.3, -0.25) is 9.58 Å². The molecule has 7 nitrogen and oxygen atoms in total. The number of benzene rings is 1. The van der Waals surface area contributed by atoms with Crippen molar-refractivity contribution in [3.63, 3.8) is 0 Å². The SMILES string of the molecule is CCNC(=NCc1ncnn1C)NCC(c1ccccc1)N1CCC(C)CC1.I. The molecule has 1 aromatic carbocycles. The molecule has 29 heavy (non-hydrogen) atoms. The summed E-state index contributed by atoms with van der Waals surface area (Å²) in [6.45, 7) is 8.88. The molecule has 160 valence electrons. The lowest BCUT2D eigenvalue weighted by atomic mass is 9.95. The minimum Gasteiger partial charge on any atom is -0.357 e. The number of likely N-dealkylation sites (tertiary alicyclic amines) is 1. The van der Waals surface area contributed by atoms with E-state index < -0.39 is 0 Å². The Morgan fingerprint density at radius 3 is 2.55 bits per heavy atom. The summed E-state index contributed by atoms with van der Waals surface area (Å²) < 4.78 is 1.76. The Kier molecular flexibility index (Phi) is 9.86. The molecule has 0 spiro atoms. The van der Waals surface area contributed by atoms with Gasteiger partial charge in [0.2, 0.25) is 0 Å². The highest BCUT2D eigenvalue weighted by atomic mass is 127. The summed E-state index contributed by atoms with van der Waals surface area (Å²) in [7, 11) is 1.89. The van der Waals surface area contributed by atoms with Crippen LogP contribution in [0.25, 0.3) is 0 Å². The van der Waals surface area contributed by atoms with Crippen molar-refractivity contribution in [2.45, 2.75) is 39.3 Å². The predicted octanol–water partition coefficient (Wildman–Crippen LogP) is 2.96. The summed E-state index contributed by atoms with van der Waals surface area (Å²) in [4.78, 5) is 11.6. The minimum atomic E-state index is 0. The number of hydrogen-bond acceptors (Lipinski definition) is 4. The number of aliphatic imine (C=N–C) groups is 1. The molecular formula is C21H34IN7. The van der Waals surface area contributed by atoms with Gasteiger partial charge in [0.25, 0.3) is 0 Å². The first kappa shape index (κ1) is 23.6. The fraction of sp³-hybridized carbons (Fsp3) is 0.571. The number of rotatable bonds is 7. The average Bonchev–Trinajstić information content (AvgIpc) is 3.13. The van der Waals surface area contributed by atoms with E-state index in [1.54, 1.807) is 11.0 Å². The summed E-state index contributed by atoms with van der Waals surface area (Å²) in [6, 6.07) is 11.1. The summed E-state index contributed by atoms with van der Waals surface area (Å²) in [5.74, 6) is 2.49. The van der Waals surface area contributed by atoms with Gasteiger partial charge in [-0.15, -0.1) is 24.0 Å². The van der Waals surface area contributed by atoms with Gasteiger partial charge in [0, 0.05) is 20.1 Å². The highest BCUT2D eigenvalue weighted by Crippen LogP contribution is 2.26. The maximum atomic E-state index is 4.69. The summed E-state index contributed by atoms with van der Waals surface area (Å²) in [6.07, 6.45) is 4.10. The molecule has 0 aliphatic carbocycles. The van der Waals surface area contributed by atoms with Crippen molar-refractivity contribution in [1.29, 1.82) is 0 Å². The van der Waals surface area contributed by atoms with Crippen LogP contribution in [0, 0.1) is 5.92 Å². The van der Waals surface area contributed by atoms with Crippen molar-refractivity contribution in [2.24, 2.45) is 18.0 Å². The van der Waals surface area contributed by atoms with Crippen LogP contribution in [0.15, 0.2) is 41.7 Å². The third kappa shape index (κ3) is 6.95. The van der Waals surface area contributed by atoms with Gasteiger partial charge < -0.3 is 10.6 Å². The first-order valence-corrected chi connectivity index (χ1v) is 10.3. The number of guanidine groups is 1. The number of hydrogen-bond donors (Lipinski definition) is 2. The second-order valence-corrected chi connectivity index (χ2v) is 7.52. The van der Waals surface area contributed by atoms with E-state index in [1.165, 1.54) is 18.4 Å².